The Kier molecular flexibility index (Phi) is 4.22. The van der Waals surface area contributed by atoms with E-state index in [-0.39, 0.29) is 5.56 Å². The van der Waals surface area contributed by atoms with Crippen LogP contribution < -0.4 is 10.3 Å². The van der Waals surface area contributed by atoms with Crippen molar-refractivity contribution in [2.75, 3.05) is 7.11 Å². The Morgan fingerprint density at radius 1 is 1.15 bits per heavy atom. The number of imidazole rings is 1. The number of benzene rings is 1. The van der Waals surface area contributed by atoms with Crippen LogP contribution in [0.4, 0.5) is 0 Å². The molecule has 0 bridgehead atoms. The number of rotatable bonds is 6. The van der Waals surface area contributed by atoms with E-state index in [1.165, 1.54) is 0 Å². The predicted molar refractivity (Wildman–Crippen MR) is 97.0 cm³/mol. The minimum absolute atomic E-state index is 0.172. The molecule has 0 atom stereocenters. The average molecular weight is 350 g/mol. The van der Waals surface area contributed by atoms with Crippen molar-refractivity contribution < 1.29 is 4.74 Å². The molecule has 0 aliphatic heterocycles. The summed E-state index contributed by atoms with van der Waals surface area (Å²) in [7, 11) is 1.60. The Labute approximate surface area is 149 Å². The van der Waals surface area contributed by atoms with E-state index in [0.29, 0.717) is 17.1 Å². The SMILES string of the molecule is COc1ccc2cc(-c3nccn3CCCn3ccnn3)c(=O)[nH]c2c1. The molecule has 4 aromatic rings. The zero-order valence-electron chi connectivity index (χ0n) is 14.3. The van der Waals surface area contributed by atoms with E-state index in [4.69, 9.17) is 4.74 Å². The summed E-state index contributed by atoms with van der Waals surface area (Å²) in [4.78, 5) is 19.9. The molecule has 1 aromatic carbocycles. The molecule has 0 radical (unpaired) electrons. The topological polar surface area (TPSA) is 90.6 Å². The highest BCUT2D eigenvalue weighted by molar-refractivity contribution is 5.83. The van der Waals surface area contributed by atoms with Crippen LogP contribution in [0.25, 0.3) is 22.3 Å². The van der Waals surface area contributed by atoms with Crippen molar-refractivity contribution in [1.29, 1.82) is 0 Å². The van der Waals surface area contributed by atoms with Crippen molar-refractivity contribution >= 4 is 10.9 Å². The maximum absolute atomic E-state index is 12.6. The molecule has 4 rings (SSSR count). The highest BCUT2D eigenvalue weighted by atomic mass is 16.5. The highest BCUT2D eigenvalue weighted by Crippen LogP contribution is 2.22. The van der Waals surface area contributed by atoms with Gasteiger partial charge in [-0.2, -0.15) is 0 Å². The lowest BCUT2D eigenvalue weighted by Crippen LogP contribution is -2.13. The van der Waals surface area contributed by atoms with Gasteiger partial charge in [0.15, 0.2) is 0 Å². The summed E-state index contributed by atoms with van der Waals surface area (Å²) in [5.41, 5.74) is 1.12. The molecule has 3 aromatic heterocycles. The minimum atomic E-state index is -0.172. The smallest absolute Gasteiger partial charge is 0.259 e. The first-order valence-electron chi connectivity index (χ1n) is 8.31. The molecular formula is C18H18N6O2. The number of methoxy groups -OCH3 is 1. The quantitative estimate of drug-likeness (QED) is 0.575. The first-order chi connectivity index (χ1) is 12.7. The Morgan fingerprint density at radius 2 is 2.08 bits per heavy atom. The van der Waals surface area contributed by atoms with E-state index in [2.05, 4.69) is 20.3 Å². The number of aryl methyl sites for hydroxylation is 2. The van der Waals surface area contributed by atoms with Gasteiger partial charge in [-0.3, -0.25) is 9.48 Å². The number of hydrogen-bond donors (Lipinski definition) is 1. The minimum Gasteiger partial charge on any atom is -0.497 e. The predicted octanol–water partition coefficient (Wildman–Crippen LogP) is 2.08. The van der Waals surface area contributed by atoms with E-state index < -0.39 is 0 Å². The van der Waals surface area contributed by atoms with Crippen LogP contribution in [0.2, 0.25) is 0 Å². The third kappa shape index (κ3) is 3.08. The van der Waals surface area contributed by atoms with Crippen LogP contribution in [0.3, 0.4) is 0 Å². The molecule has 0 aliphatic carbocycles. The molecule has 8 nitrogen and oxygen atoms in total. The molecule has 8 heteroatoms. The summed E-state index contributed by atoms with van der Waals surface area (Å²) in [6.07, 6.45) is 7.94. The van der Waals surface area contributed by atoms with Gasteiger partial charge in [0.1, 0.15) is 11.6 Å². The second kappa shape index (κ2) is 6.83. The van der Waals surface area contributed by atoms with Crippen LogP contribution in [-0.2, 0) is 13.1 Å². The lowest BCUT2D eigenvalue weighted by Gasteiger charge is -2.09. The lowest BCUT2D eigenvalue weighted by atomic mass is 10.1. The van der Waals surface area contributed by atoms with E-state index in [1.54, 1.807) is 24.2 Å². The number of aromatic amines is 1. The standard InChI is InChI=1S/C18H18N6O2/c1-26-14-4-3-13-11-15(18(25)21-16(13)12-14)17-19-5-9-23(17)7-2-8-24-10-6-20-22-24/h3-6,9-12H,2,7-8H2,1H3,(H,21,25). The number of hydrogen-bond acceptors (Lipinski definition) is 5. The number of nitrogens with one attached hydrogen (secondary N) is 1. The average Bonchev–Trinajstić information content (AvgIpc) is 3.33. The van der Waals surface area contributed by atoms with Gasteiger partial charge in [0.25, 0.3) is 5.56 Å². The maximum atomic E-state index is 12.6. The van der Waals surface area contributed by atoms with Crippen molar-refractivity contribution in [3.05, 3.63) is 59.4 Å². The highest BCUT2D eigenvalue weighted by Gasteiger charge is 2.12. The first-order valence-corrected chi connectivity index (χ1v) is 8.31. The molecule has 0 aliphatic rings. The Morgan fingerprint density at radius 3 is 2.88 bits per heavy atom. The summed E-state index contributed by atoms with van der Waals surface area (Å²) in [5.74, 6) is 1.36. The van der Waals surface area contributed by atoms with Crippen molar-refractivity contribution in [1.82, 2.24) is 29.5 Å². The third-order valence-corrected chi connectivity index (χ3v) is 4.27. The second-order valence-electron chi connectivity index (χ2n) is 5.93. The number of H-pyrrole nitrogens is 1. The van der Waals surface area contributed by atoms with Crippen LogP contribution in [-0.4, -0.2) is 36.6 Å². The van der Waals surface area contributed by atoms with Gasteiger partial charge in [0, 0.05) is 37.7 Å². The fraction of sp³-hybridized carbons (Fsp3) is 0.222. The van der Waals surface area contributed by atoms with Gasteiger partial charge in [-0.05, 0) is 30.0 Å². The molecule has 26 heavy (non-hydrogen) atoms. The number of fused-ring (bicyclic) bond motifs is 1. The number of aromatic nitrogens is 6. The van der Waals surface area contributed by atoms with Gasteiger partial charge in [-0.1, -0.05) is 5.21 Å². The van der Waals surface area contributed by atoms with Crippen LogP contribution in [0.15, 0.2) is 53.8 Å². The zero-order valence-corrected chi connectivity index (χ0v) is 14.3. The van der Waals surface area contributed by atoms with Crippen LogP contribution in [0, 0.1) is 0 Å². The van der Waals surface area contributed by atoms with Crippen molar-refractivity contribution in [3.8, 4) is 17.1 Å². The van der Waals surface area contributed by atoms with Crippen LogP contribution >= 0.6 is 0 Å². The largest absolute Gasteiger partial charge is 0.497 e. The van der Waals surface area contributed by atoms with E-state index >= 15 is 0 Å². The molecule has 0 saturated heterocycles. The Hall–Kier alpha value is -3.42. The van der Waals surface area contributed by atoms with E-state index in [0.717, 1.165) is 30.4 Å². The third-order valence-electron chi connectivity index (χ3n) is 4.27. The fourth-order valence-electron chi connectivity index (χ4n) is 2.96. The molecule has 132 valence electrons. The first kappa shape index (κ1) is 16.1. The Bertz CT molecular complexity index is 1080. The summed E-state index contributed by atoms with van der Waals surface area (Å²) in [5, 5.41) is 8.68. The molecule has 1 N–H and O–H groups in total. The maximum Gasteiger partial charge on any atom is 0.259 e. The molecule has 0 fully saturated rings. The summed E-state index contributed by atoms with van der Waals surface area (Å²) < 4.78 is 8.98. The van der Waals surface area contributed by atoms with Crippen molar-refractivity contribution in [2.45, 2.75) is 19.5 Å². The number of nitrogens with zero attached hydrogens (tertiary/aromatic N) is 5. The molecule has 0 saturated carbocycles. The van der Waals surface area contributed by atoms with Crippen LogP contribution in [0.5, 0.6) is 5.75 Å². The van der Waals surface area contributed by atoms with Gasteiger partial charge in [0.2, 0.25) is 0 Å². The van der Waals surface area contributed by atoms with Gasteiger partial charge in [-0.25, -0.2) is 4.98 Å². The molecule has 0 unspecified atom stereocenters. The monoisotopic (exact) mass is 350 g/mol. The van der Waals surface area contributed by atoms with Gasteiger partial charge < -0.3 is 14.3 Å². The van der Waals surface area contributed by atoms with Crippen LogP contribution in [0.1, 0.15) is 6.42 Å². The normalized spacial score (nSPS) is 11.1. The molecule has 0 amide bonds. The Balaban J connectivity index is 1.62. The van der Waals surface area contributed by atoms with Gasteiger partial charge in [-0.15, -0.1) is 5.10 Å². The lowest BCUT2D eigenvalue weighted by molar-refractivity contribution is 0.415. The summed E-state index contributed by atoms with van der Waals surface area (Å²) >= 11 is 0. The zero-order chi connectivity index (χ0) is 17.9. The second-order valence-corrected chi connectivity index (χ2v) is 5.93. The number of pyridine rings is 1. The molecular weight excluding hydrogens is 332 g/mol. The van der Waals surface area contributed by atoms with Gasteiger partial charge in [0.05, 0.1) is 24.4 Å². The van der Waals surface area contributed by atoms with Gasteiger partial charge >= 0.3 is 0 Å². The van der Waals surface area contributed by atoms with E-state index in [9.17, 15) is 4.79 Å². The van der Waals surface area contributed by atoms with Crippen molar-refractivity contribution in [3.63, 3.8) is 0 Å². The fourth-order valence-corrected chi connectivity index (χ4v) is 2.96. The summed E-state index contributed by atoms with van der Waals surface area (Å²) in [6, 6.07) is 7.47. The molecule has 0 spiro atoms. The molecule has 3 heterocycles. The van der Waals surface area contributed by atoms with E-state index in [1.807, 2.05) is 41.2 Å². The summed E-state index contributed by atoms with van der Waals surface area (Å²) in [6.45, 7) is 1.49. The number of ether oxygens (including phenoxy) is 1. The van der Waals surface area contributed by atoms with Crippen molar-refractivity contribution in [2.24, 2.45) is 0 Å².